The topological polar surface area (TPSA) is 70.1 Å². The number of nitrogens with zero attached hydrogens (tertiary/aromatic N) is 2. The van der Waals surface area contributed by atoms with E-state index in [-0.39, 0.29) is 6.54 Å². The lowest BCUT2D eigenvalue weighted by molar-refractivity contribution is -0.201. The van der Waals surface area contributed by atoms with E-state index in [1.807, 2.05) is 0 Å². The Balaban J connectivity index is 2.09. The average Bonchev–Trinajstić information content (AvgIpc) is 2.28. The number of alkyl halides is 3. The van der Waals surface area contributed by atoms with Crippen LogP contribution in [0.1, 0.15) is 0 Å². The van der Waals surface area contributed by atoms with Gasteiger partial charge in [-0.05, 0) is 0 Å². The number of rotatable bonds is 6. The van der Waals surface area contributed by atoms with Gasteiger partial charge in [-0.3, -0.25) is 4.98 Å². The number of hydrogen-bond donors (Lipinski definition) is 3. The molecule has 0 aromatic carbocycles. The van der Waals surface area contributed by atoms with Crippen LogP contribution >= 0.6 is 0 Å². The highest BCUT2D eigenvalue weighted by Gasteiger charge is 2.37. The quantitative estimate of drug-likeness (QED) is 0.638. The first-order chi connectivity index (χ1) is 8.00. The zero-order valence-electron chi connectivity index (χ0n) is 8.91. The molecule has 1 atom stereocenters. The van der Waals surface area contributed by atoms with Gasteiger partial charge in [0.2, 0.25) is 0 Å². The molecule has 1 aromatic heterocycles. The fourth-order valence-electron chi connectivity index (χ4n) is 1.02. The smallest absolute Gasteiger partial charge is 0.382 e. The molecule has 0 bridgehead atoms. The lowest BCUT2D eigenvalue weighted by Crippen LogP contribution is -2.39. The van der Waals surface area contributed by atoms with E-state index in [1.54, 1.807) is 0 Å². The van der Waals surface area contributed by atoms with Crippen molar-refractivity contribution in [1.82, 2.24) is 15.3 Å². The third-order valence-corrected chi connectivity index (χ3v) is 1.89. The van der Waals surface area contributed by atoms with Crippen LogP contribution in [0.2, 0.25) is 0 Å². The summed E-state index contributed by atoms with van der Waals surface area (Å²) in [4.78, 5) is 7.73. The Hall–Kier alpha value is -1.41. The SMILES string of the molecule is OC(CNCCNc1cnccn1)C(F)(F)F. The molecule has 0 spiro atoms. The van der Waals surface area contributed by atoms with Gasteiger partial charge in [-0.25, -0.2) is 4.98 Å². The number of aliphatic hydroxyl groups is 1. The summed E-state index contributed by atoms with van der Waals surface area (Å²) in [6.45, 7) is 0.151. The van der Waals surface area contributed by atoms with E-state index in [2.05, 4.69) is 20.6 Å². The summed E-state index contributed by atoms with van der Waals surface area (Å²) in [5.41, 5.74) is 0. The first-order valence-electron chi connectivity index (χ1n) is 4.95. The van der Waals surface area contributed by atoms with Crippen LogP contribution in [0.5, 0.6) is 0 Å². The minimum absolute atomic E-state index is 0.281. The van der Waals surface area contributed by atoms with Crippen molar-refractivity contribution in [2.45, 2.75) is 12.3 Å². The van der Waals surface area contributed by atoms with Crippen molar-refractivity contribution >= 4 is 5.82 Å². The Kier molecular flexibility index (Phi) is 5.11. The summed E-state index contributed by atoms with van der Waals surface area (Å²) in [5, 5.41) is 14.0. The van der Waals surface area contributed by atoms with Crippen molar-refractivity contribution in [1.29, 1.82) is 0 Å². The predicted molar refractivity (Wildman–Crippen MR) is 55.5 cm³/mol. The van der Waals surface area contributed by atoms with Crippen LogP contribution < -0.4 is 10.6 Å². The van der Waals surface area contributed by atoms with E-state index in [1.165, 1.54) is 18.6 Å². The van der Waals surface area contributed by atoms with Gasteiger partial charge in [0, 0.05) is 32.0 Å². The molecule has 0 amide bonds. The number of hydrogen-bond acceptors (Lipinski definition) is 5. The van der Waals surface area contributed by atoms with Crippen LogP contribution in [0.3, 0.4) is 0 Å². The Morgan fingerprint density at radius 2 is 2.06 bits per heavy atom. The van der Waals surface area contributed by atoms with Gasteiger partial charge in [-0.1, -0.05) is 0 Å². The second-order valence-corrected chi connectivity index (χ2v) is 3.28. The highest BCUT2D eigenvalue weighted by molar-refractivity contribution is 5.29. The summed E-state index contributed by atoms with van der Waals surface area (Å²) < 4.78 is 35.7. The molecule has 3 N–H and O–H groups in total. The van der Waals surface area contributed by atoms with Gasteiger partial charge in [-0.2, -0.15) is 13.2 Å². The summed E-state index contributed by atoms with van der Waals surface area (Å²) in [5.74, 6) is 0.547. The molecule has 0 saturated carbocycles. The maximum absolute atomic E-state index is 11.9. The van der Waals surface area contributed by atoms with Crippen molar-refractivity contribution in [3.63, 3.8) is 0 Å². The molecule has 96 valence electrons. The molecule has 5 nitrogen and oxygen atoms in total. The van der Waals surface area contributed by atoms with E-state index in [4.69, 9.17) is 5.11 Å². The van der Waals surface area contributed by atoms with Crippen molar-refractivity contribution in [2.75, 3.05) is 25.0 Å². The third-order valence-electron chi connectivity index (χ3n) is 1.89. The molecular formula is C9H13F3N4O. The molecule has 0 aliphatic carbocycles. The molecule has 0 fully saturated rings. The number of aliphatic hydroxyl groups excluding tert-OH is 1. The van der Waals surface area contributed by atoms with Gasteiger partial charge in [0.1, 0.15) is 5.82 Å². The summed E-state index contributed by atoms with van der Waals surface area (Å²) in [6, 6.07) is 0. The molecule has 0 aliphatic rings. The summed E-state index contributed by atoms with van der Waals surface area (Å²) >= 11 is 0. The summed E-state index contributed by atoms with van der Waals surface area (Å²) in [6.07, 6.45) is -2.39. The molecule has 1 aromatic rings. The number of anilines is 1. The molecule has 0 saturated heterocycles. The third kappa shape index (κ3) is 5.45. The van der Waals surface area contributed by atoms with Crippen molar-refractivity contribution in [3.05, 3.63) is 18.6 Å². The first kappa shape index (κ1) is 13.7. The van der Waals surface area contributed by atoms with Gasteiger partial charge in [0.25, 0.3) is 0 Å². The highest BCUT2D eigenvalue weighted by atomic mass is 19.4. The zero-order chi connectivity index (χ0) is 12.7. The number of halogens is 3. The second-order valence-electron chi connectivity index (χ2n) is 3.28. The molecule has 1 heterocycles. The number of aromatic nitrogens is 2. The second kappa shape index (κ2) is 6.36. The van der Waals surface area contributed by atoms with Gasteiger partial charge in [-0.15, -0.1) is 0 Å². The van der Waals surface area contributed by atoms with E-state index in [9.17, 15) is 13.2 Å². The first-order valence-corrected chi connectivity index (χ1v) is 4.95. The monoisotopic (exact) mass is 250 g/mol. The molecule has 1 unspecified atom stereocenters. The Labute approximate surface area is 96.1 Å². The fraction of sp³-hybridized carbons (Fsp3) is 0.556. The van der Waals surface area contributed by atoms with Crippen LogP contribution in [0, 0.1) is 0 Å². The average molecular weight is 250 g/mol. The van der Waals surface area contributed by atoms with Crippen LogP contribution in [0.4, 0.5) is 19.0 Å². The lowest BCUT2D eigenvalue weighted by atomic mass is 10.3. The molecule has 17 heavy (non-hydrogen) atoms. The van der Waals surface area contributed by atoms with Crippen molar-refractivity contribution < 1.29 is 18.3 Å². The maximum Gasteiger partial charge on any atom is 0.415 e. The molecule has 1 rings (SSSR count). The van der Waals surface area contributed by atoms with Crippen LogP contribution in [0.15, 0.2) is 18.6 Å². The Morgan fingerprint density at radius 3 is 2.65 bits per heavy atom. The van der Waals surface area contributed by atoms with Gasteiger partial charge in [0.05, 0.1) is 6.20 Å². The minimum atomic E-state index is -4.58. The molecular weight excluding hydrogens is 237 g/mol. The predicted octanol–water partition coefficient (Wildman–Crippen LogP) is 0.401. The molecule has 0 aliphatic heterocycles. The lowest BCUT2D eigenvalue weighted by Gasteiger charge is -2.15. The molecule has 8 heteroatoms. The maximum atomic E-state index is 11.9. The van der Waals surface area contributed by atoms with E-state index < -0.39 is 18.8 Å². The van der Waals surface area contributed by atoms with Gasteiger partial charge in [0.15, 0.2) is 6.10 Å². The molecule has 0 radical (unpaired) electrons. The van der Waals surface area contributed by atoms with Gasteiger partial charge >= 0.3 is 6.18 Å². The standard InChI is InChI=1S/C9H13F3N4O/c10-9(11,12)7(17)5-13-1-3-15-8-6-14-2-4-16-8/h2,4,6-7,13,17H,1,3,5H2,(H,15,16). The van der Waals surface area contributed by atoms with Crippen LogP contribution in [-0.4, -0.2) is 47.0 Å². The van der Waals surface area contributed by atoms with Crippen molar-refractivity contribution in [2.24, 2.45) is 0 Å². The normalized spacial score (nSPS) is 13.4. The zero-order valence-corrected chi connectivity index (χ0v) is 8.91. The number of nitrogens with one attached hydrogen (secondary N) is 2. The van der Waals surface area contributed by atoms with E-state index in [0.29, 0.717) is 12.4 Å². The van der Waals surface area contributed by atoms with E-state index >= 15 is 0 Å². The van der Waals surface area contributed by atoms with Crippen LogP contribution in [-0.2, 0) is 0 Å². The highest BCUT2D eigenvalue weighted by Crippen LogP contribution is 2.18. The Morgan fingerprint density at radius 1 is 1.29 bits per heavy atom. The van der Waals surface area contributed by atoms with Crippen LogP contribution in [0.25, 0.3) is 0 Å². The largest absolute Gasteiger partial charge is 0.415 e. The van der Waals surface area contributed by atoms with E-state index in [0.717, 1.165) is 0 Å². The van der Waals surface area contributed by atoms with Gasteiger partial charge < -0.3 is 15.7 Å². The Bertz CT molecular complexity index is 320. The summed E-state index contributed by atoms with van der Waals surface area (Å²) in [7, 11) is 0. The fourth-order valence-corrected chi connectivity index (χ4v) is 1.02. The van der Waals surface area contributed by atoms with Crippen molar-refractivity contribution in [3.8, 4) is 0 Å². The minimum Gasteiger partial charge on any atom is -0.382 e.